The van der Waals surface area contributed by atoms with Gasteiger partial charge in [-0.15, -0.1) is 10.2 Å². The van der Waals surface area contributed by atoms with Crippen LogP contribution in [0.1, 0.15) is 23.0 Å². The van der Waals surface area contributed by atoms with Crippen molar-refractivity contribution in [3.05, 3.63) is 38.5 Å². The molecule has 1 N–H and O–H groups in total. The van der Waals surface area contributed by atoms with E-state index >= 15 is 0 Å². The predicted octanol–water partition coefficient (Wildman–Crippen LogP) is 1.32. The second-order valence-electron chi connectivity index (χ2n) is 4.25. The van der Waals surface area contributed by atoms with Gasteiger partial charge in [0.25, 0.3) is 11.5 Å². The Bertz CT molecular complexity index is 719. The molecule has 0 aromatic carbocycles. The van der Waals surface area contributed by atoms with E-state index in [9.17, 15) is 9.59 Å². The Hall–Kier alpha value is -1.96. The monoisotopic (exact) mass is 339 g/mol. The fourth-order valence-corrected chi connectivity index (χ4v) is 2.20. The molecule has 2 aromatic heterocycles. The lowest BCUT2D eigenvalue weighted by atomic mass is 10.2. The van der Waals surface area contributed by atoms with Gasteiger partial charge in [-0.3, -0.25) is 19.5 Å². The van der Waals surface area contributed by atoms with Crippen molar-refractivity contribution in [2.45, 2.75) is 20.4 Å². The number of carbonyl (C=O) groups excluding carboxylic acids is 1. The number of rotatable bonds is 3. The molecule has 0 aliphatic carbocycles. The summed E-state index contributed by atoms with van der Waals surface area (Å²) in [4.78, 5) is 24.3. The molecule has 2 heterocycles. The molecule has 7 nitrogen and oxygen atoms in total. The van der Waals surface area contributed by atoms with Crippen LogP contribution in [0.15, 0.2) is 21.7 Å². The predicted molar refractivity (Wildman–Crippen MR) is 77.8 cm³/mol. The third-order valence-electron chi connectivity index (χ3n) is 3.08. The fourth-order valence-electron chi connectivity index (χ4n) is 1.70. The van der Waals surface area contributed by atoms with Crippen molar-refractivity contribution in [1.82, 2.24) is 19.3 Å². The zero-order valence-corrected chi connectivity index (χ0v) is 12.9. The number of hydrogen-bond acceptors (Lipinski definition) is 4. The van der Waals surface area contributed by atoms with Crippen molar-refractivity contribution in [1.29, 1.82) is 0 Å². The van der Waals surface area contributed by atoms with Gasteiger partial charge in [-0.2, -0.15) is 0 Å². The van der Waals surface area contributed by atoms with E-state index in [-0.39, 0.29) is 11.1 Å². The van der Waals surface area contributed by atoms with E-state index in [1.165, 1.54) is 17.0 Å². The van der Waals surface area contributed by atoms with Crippen molar-refractivity contribution >= 4 is 27.8 Å². The maximum atomic E-state index is 12.2. The quantitative estimate of drug-likeness (QED) is 0.914. The molecule has 0 unspecified atom stereocenters. The second-order valence-corrected chi connectivity index (χ2v) is 5.10. The van der Waals surface area contributed by atoms with Crippen LogP contribution in [0.25, 0.3) is 0 Å². The standard InChI is InChI=1S/C12H14BrN5O2/c1-4-18-6-14-16-12(18)15-10(19)8-5-9(13)7(2)17(3)11(8)20/h5-6H,4H2,1-3H3,(H,15,16,19). The highest BCUT2D eigenvalue weighted by molar-refractivity contribution is 9.10. The summed E-state index contributed by atoms with van der Waals surface area (Å²) in [5, 5.41) is 10.1. The van der Waals surface area contributed by atoms with Crippen molar-refractivity contribution < 1.29 is 4.79 Å². The molecule has 8 heteroatoms. The van der Waals surface area contributed by atoms with Crippen LogP contribution < -0.4 is 10.9 Å². The van der Waals surface area contributed by atoms with E-state index in [2.05, 4.69) is 31.4 Å². The molecule has 0 radical (unpaired) electrons. The van der Waals surface area contributed by atoms with Crippen LogP contribution in [-0.2, 0) is 13.6 Å². The fraction of sp³-hybridized carbons (Fsp3) is 0.333. The zero-order chi connectivity index (χ0) is 14.9. The summed E-state index contributed by atoms with van der Waals surface area (Å²) in [5.74, 6) is -0.190. The van der Waals surface area contributed by atoms with Gasteiger partial charge >= 0.3 is 0 Å². The lowest BCUT2D eigenvalue weighted by Gasteiger charge is -2.10. The number of aryl methyl sites for hydroxylation is 1. The van der Waals surface area contributed by atoms with Crippen molar-refractivity contribution in [3.8, 4) is 0 Å². The number of carbonyl (C=O) groups is 1. The van der Waals surface area contributed by atoms with Gasteiger partial charge < -0.3 is 4.57 Å². The first kappa shape index (κ1) is 14.4. The summed E-state index contributed by atoms with van der Waals surface area (Å²) in [6.45, 7) is 4.32. The maximum absolute atomic E-state index is 12.2. The number of nitrogens with one attached hydrogen (secondary N) is 1. The van der Waals surface area contributed by atoms with Crippen molar-refractivity contribution in [2.24, 2.45) is 7.05 Å². The number of halogens is 1. The number of aromatic nitrogens is 4. The van der Waals surface area contributed by atoms with Gasteiger partial charge in [0.15, 0.2) is 0 Å². The van der Waals surface area contributed by atoms with Gasteiger partial charge in [-0.1, -0.05) is 0 Å². The largest absolute Gasteiger partial charge is 0.314 e. The molecule has 0 bridgehead atoms. The number of anilines is 1. The number of pyridine rings is 1. The highest BCUT2D eigenvalue weighted by atomic mass is 79.9. The van der Waals surface area contributed by atoms with Crippen LogP contribution in [0.2, 0.25) is 0 Å². The molecular formula is C12H14BrN5O2. The molecular weight excluding hydrogens is 326 g/mol. The average molecular weight is 340 g/mol. The van der Waals surface area contributed by atoms with Crippen molar-refractivity contribution in [2.75, 3.05) is 5.32 Å². The van der Waals surface area contributed by atoms with E-state index in [1.54, 1.807) is 18.5 Å². The Morgan fingerprint density at radius 3 is 2.85 bits per heavy atom. The van der Waals surface area contributed by atoms with Crippen LogP contribution in [0.5, 0.6) is 0 Å². The molecule has 0 saturated heterocycles. The SMILES string of the molecule is CCn1cnnc1NC(=O)c1cc(Br)c(C)n(C)c1=O. The molecule has 2 rings (SSSR count). The Kier molecular flexibility index (Phi) is 4.03. The topological polar surface area (TPSA) is 81.8 Å². The lowest BCUT2D eigenvalue weighted by molar-refractivity contribution is 0.102. The van der Waals surface area contributed by atoms with E-state index in [4.69, 9.17) is 0 Å². The van der Waals surface area contributed by atoms with E-state index in [0.29, 0.717) is 17.0 Å². The Morgan fingerprint density at radius 1 is 1.50 bits per heavy atom. The normalized spacial score (nSPS) is 10.6. The van der Waals surface area contributed by atoms with E-state index < -0.39 is 5.91 Å². The van der Waals surface area contributed by atoms with E-state index in [1.807, 2.05) is 6.92 Å². The molecule has 1 amide bonds. The Balaban J connectivity index is 2.38. The molecule has 106 valence electrons. The molecule has 2 aromatic rings. The molecule has 0 fully saturated rings. The third kappa shape index (κ3) is 2.51. The Morgan fingerprint density at radius 2 is 2.20 bits per heavy atom. The number of amides is 1. The van der Waals surface area contributed by atoms with Gasteiger partial charge in [0.1, 0.15) is 11.9 Å². The Labute approximate surface area is 123 Å². The first-order chi connectivity index (χ1) is 9.45. The van der Waals surface area contributed by atoms with Crippen LogP contribution >= 0.6 is 15.9 Å². The van der Waals surface area contributed by atoms with Crippen LogP contribution in [0.3, 0.4) is 0 Å². The first-order valence-electron chi connectivity index (χ1n) is 6.01. The van der Waals surface area contributed by atoms with Crippen LogP contribution in [-0.4, -0.2) is 25.2 Å². The zero-order valence-electron chi connectivity index (χ0n) is 11.3. The third-order valence-corrected chi connectivity index (χ3v) is 3.88. The molecule has 0 aliphatic heterocycles. The molecule has 20 heavy (non-hydrogen) atoms. The summed E-state index contributed by atoms with van der Waals surface area (Å²) >= 11 is 3.33. The lowest BCUT2D eigenvalue weighted by Crippen LogP contribution is -2.29. The minimum Gasteiger partial charge on any atom is -0.314 e. The minimum atomic E-state index is -0.506. The smallest absolute Gasteiger partial charge is 0.263 e. The van der Waals surface area contributed by atoms with E-state index in [0.717, 1.165) is 5.69 Å². The molecule has 0 atom stereocenters. The summed E-state index contributed by atoms with van der Waals surface area (Å²) in [6, 6.07) is 1.51. The highest BCUT2D eigenvalue weighted by Gasteiger charge is 2.17. The number of hydrogen-bond donors (Lipinski definition) is 1. The first-order valence-corrected chi connectivity index (χ1v) is 6.80. The van der Waals surface area contributed by atoms with Crippen LogP contribution in [0, 0.1) is 6.92 Å². The van der Waals surface area contributed by atoms with Crippen LogP contribution in [0.4, 0.5) is 5.95 Å². The highest BCUT2D eigenvalue weighted by Crippen LogP contribution is 2.15. The second kappa shape index (κ2) is 5.58. The minimum absolute atomic E-state index is 0.0515. The van der Waals surface area contributed by atoms with Gasteiger partial charge in [-0.25, -0.2) is 0 Å². The van der Waals surface area contributed by atoms with Gasteiger partial charge in [-0.05, 0) is 35.8 Å². The van der Waals surface area contributed by atoms with Gasteiger partial charge in [0.2, 0.25) is 5.95 Å². The van der Waals surface area contributed by atoms with Gasteiger partial charge in [0, 0.05) is 23.8 Å². The van der Waals surface area contributed by atoms with Crippen molar-refractivity contribution in [3.63, 3.8) is 0 Å². The maximum Gasteiger partial charge on any atom is 0.263 e. The summed E-state index contributed by atoms with van der Waals surface area (Å²) < 4.78 is 3.79. The number of nitrogens with zero attached hydrogens (tertiary/aromatic N) is 4. The molecule has 0 spiro atoms. The van der Waals surface area contributed by atoms with Gasteiger partial charge in [0.05, 0.1) is 0 Å². The molecule has 0 aliphatic rings. The summed E-state index contributed by atoms with van der Waals surface area (Å²) in [5.41, 5.74) is 0.449. The molecule has 0 saturated carbocycles. The summed E-state index contributed by atoms with van der Waals surface area (Å²) in [7, 11) is 1.62. The average Bonchev–Trinajstić information content (AvgIpc) is 2.87. The summed E-state index contributed by atoms with van der Waals surface area (Å²) in [6.07, 6.45) is 1.51.